The first-order valence-corrected chi connectivity index (χ1v) is 13.6. The molecule has 7 heteroatoms. The van der Waals surface area contributed by atoms with E-state index < -0.39 is 0 Å². The molecule has 1 aliphatic heterocycles. The van der Waals surface area contributed by atoms with Crippen molar-refractivity contribution >= 4 is 33.5 Å². The van der Waals surface area contributed by atoms with Crippen molar-refractivity contribution in [2.24, 2.45) is 5.92 Å². The van der Waals surface area contributed by atoms with Gasteiger partial charge in [0.2, 0.25) is 0 Å². The second kappa shape index (κ2) is 9.26. The third-order valence-corrected chi connectivity index (χ3v) is 8.34. The lowest BCUT2D eigenvalue weighted by Gasteiger charge is -2.32. The monoisotopic (exact) mass is 513 g/mol. The van der Waals surface area contributed by atoms with Gasteiger partial charge in [-0.3, -0.25) is 4.90 Å². The van der Waals surface area contributed by atoms with E-state index in [-0.39, 0.29) is 5.82 Å². The molecule has 2 fully saturated rings. The van der Waals surface area contributed by atoms with Gasteiger partial charge in [0.1, 0.15) is 17.3 Å². The maximum Gasteiger partial charge on any atom is 0.148 e. The molecule has 1 saturated carbocycles. The zero-order valence-corrected chi connectivity index (χ0v) is 21.4. The van der Waals surface area contributed by atoms with Gasteiger partial charge >= 0.3 is 0 Å². The van der Waals surface area contributed by atoms with Crippen LogP contribution in [0.25, 0.3) is 27.6 Å². The van der Waals surface area contributed by atoms with Gasteiger partial charge in [-0.1, -0.05) is 35.9 Å². The zero-order valence-electron chi connectivity index (χ0n) is 20.7. The second-order valence-corrected chi connectivity index (χ2v) is 11.0. The molecule has 1 saturated heterocycles. The number of nitrogens with zero attached hydrogens (tertiary/aromatic N) is 5. The SMILES string of the molecule is Fc1ccccc1-n1ncc2cc(CN3CCC(c4nc5ccccc5n4CC4CC4)CC3)c(Cl)cc21. The highest BCUT2D eigenvalue weighted by atomic mass is 35.5. The van der Waals surface area contributed by atoms with Crippen LogP contribution in [-0.2, 0) is 13.1 Å². The molecule has 0 radical (unpaired) electrons. The van der Waals surface area contributed by atoms with Crippen molar-refractivity contribution in [2.45, 2.75) is 44.7 Å². The van der Waals surface area contributed by atoms with E-state index in [0.717, 1.165) is 66.9 Å². The number of piperidine rings is 1. The van der Waals surface area contributed by atoms with Crippen molar-refractivity contribution < 1.29 is 4.39 Å². The van der Waals surface area contributed by atoms with E-state index in [0.29, 0.717) is 16.6 Å². The minimum absolute atomic E-state index is 0.304. The number of fused-ring (bicyclic) bond motifs is 2. The van der Waals surface area contributed by atoms with Crippen LogP contribution in [0, 0.1) is 11.7 Å². The Balaban J connectivity index is 1.09. The van der Waals surface area contributed by atoms with Gasteiger partial charge in [0.15, 0.2) is 0 Å². The average molecular weight is 514 g/mol. The lowest BCUT2D eigenvalue weighted by atomic mass is 9.95. The molecule has 2 aromatic heterocycles. The third-order valence-electron chi connectivity index (χ3n) is 7.99. The number of para-hydroxylation sites is 3. The van der Waals surface area contributed by atoms with Gasteiger partial charge < -0.3 is 4.57 Å². The van der Waals surface area contributed by atoms with Crippen molar-refractivity contribution in [1.29, 1.82) is 0 Å². The summed E-state index contributed by atoms with van der Waals surface area (Å²) in [6.45, 7) is 3.93. The molecule has 5 aromatic rings. The smallest absolute Gasteiger partial charge is 0.148 e. The van der Waals surface area contributed by atoms with E-state index in [2.05, 4.69) is 44.9 Å². The second-order valence-electron chi connectivity index (χ2n) is 10.6. The van der Waals surface area contributed by atoms with Gasteiger partial charge in [0, 0.05) is 29.4 Å². The minimum atomic E-state index is -0.304. The largest absolute Gasteiger partial charge is 0.327 e. The summed E-state index contributed by atoms with van der Waals surface area (Å²) in [7, 11) is 0. The zero-order chi connectivity index (χ0) is 24.9. The predicted octanol–water partition coefficient (Wildman–Crippen LogP) is 6.96. The number of hydrogen-bond acceptors (Lipinski definition) is 3. The summed E-state index contributed by atoms with van der Waals surface area (Å²) in [6, 6.07) is 19.3. The molecule has 0 spiro atoms. The molecule has 0 amide bonds. The predicted molar refractivity (Wildman–Crippen MR) is 146 cm³/mol. The van der Waals surface area contributed by atoms with Crippen molar-refractivity contribution in [3.63, 3.8) is 0 Å². The summed E-state index contributed by atoms with van der Waals surface area (Å²) < 4.78 is 18.5. The van der Waals surface area contributed by atoms with Crippen molar-refractivity contribution in [3.05, 3.63) is 89.1 Å². The summed E-state index contributed by atoms with van der Waals surface area (Å²) >= 11 is 6.75. The topological polar surface area (TPSA) is 38.9 Å². The molecule has 3 heterocycles. The molecule has 1 aliphatic carbocycles. The average Bonchev–Trinajstić information content (AvgIpc) is 3.54. The van der Waals surface area contributed by atoms with Crippen LogP contribution in [0.4, 0.5) is 4.39 Å². The van der Waals surface area contributed by atoms with E-state index in [1.165, 1.54) is 30.2 Å². The normalized spacial score (nSPS) is 17.2. The Labute approximate surface area is 220 Å². The quantitative estimate of drug-likeness (QED) is 0.246. The van der Waals surface area contributed by atoms with Crippen LogP contribution in [0.15, 0.2) is 66.9 Å². The standard InChI is InChI=1S/C30H29ClFN5/c31-24-16-29-22(17-33-37(29)27-7-3-1-5-25(27)32)15-23(24)19-35-13-11-21(12-14-35)30-34-26-6-2-4-8-28(26)36(30)18-20-9-10-20/h1-8,15-17,20-21H,9-14,18-19H2. The van der Waals surface area contributed by atoms with Gasteiger partial charge in [-0.2, -0.15) is 5.10 Å². The van der Waals surface area contributed by atoms with Gasteiger partial charge in [-0.25, -0.2) is 14.1 Å². The first-order valence-electron chi connectivity index (χ1n) is 13.2. The number of likely N-dealkylation sites (tertiary alicyclic amines) is 1. The highest BCUT2D eigenvalue weighted by molar-refractivity contribution is 6.32. The highest BCUT2D eigenvalue weighted by Crippen LogP contribution is 2.36. The Bertz CT molecular complexity index is 1590. The highest BCUT2D eigenvalue weighted by Gasteiger charge is 2.29. The summed E-state index contributed by atoms with van der Waals surface area (Å²) in [5, 5.41) is 6.10. The number of rotatable bonds is 6. The minimum Gasteiger partial charge on any atom is -0.327 e. The van der Waals surface area contributed by atoms with Crippen LogP contribution < -0.4 is 0 Å². The van der Waals surface area contributed by atoms with Gasteiger partial charge in [0.25, 0.3) is 0 Å². The van der Waals surface area contributed by atoms with Gasteiger partial charge in [-0.05, 0) is 86.7 Å². The molecule has 2 aliphatic rings. The van der Waals surface area contributed by atoms with Crippen LogP contribution in [0.3, 0.4) is 0 Å². The summed E-state index contributed by atoms with van der Waals surface area (Å²) in [4.78, 5) is 7.58. The van der Waals surface area contributed by atoms with E-state index in [4.69, 9.17) is 16.6 Å². The van der Waals surface area contributed by atoms with Gasteiger partial charge in [0.05, 0.1) is 22.7 Å². The summed E-state index contributed by atoms with van der Waals surface area (Å²) in [5.41, 5.74) is 4.73. The van der Waals surface area contributed by atoms with Crippen LogP contribution in [0.2, 0.25) is 5.02 Å². The van der Waals surface area contributed by atoms with E-state index >= 15 is 0 Å². The maximum absolute atomic E-state index is 14.4. The molecule has 188 valence electrons. The number of halogens is 2. The Morgan fingerprint density at radius 3 is 2.51 bits per heavy atom. The van der Waals surface area contributed by atoms with E-state index in [1.54, 1.807) is 23.0 Å². The fourth-order valence-corrected chi connectivity index (χ4v) is 6.00. The van der Waals surface area contributed by atoms with Crippen molar-refractivity contribution in [2.75, 3.05) is 13.1 Å². The van der Waals surface area contributed by atoms with E-state index in [1.807, 2.05) is 12.1 Å². The summed E-state index contributed by atoms with van der Waals surface area (Å²) in [5.74, 6) is 2.27. The van der Waals surface area contributed by atoms with Gasteiger partial charge in [-0.15, -0.1) is 0 Å². The first kappa shape index (κ1) is 22.9. The maximum atomic E-state index is 14.4. The number of imidazole rings is 1. The molecule has 0 atom stereocenters. The fraction of sp³-hybridized carbons (Fsp3) is 0.333. The fourth-order valence-electron chi connectivity index (χ4n) is 5.78. The molecule has 0 bridgehead atoms. The van der Waals surface area contributed by atoms with Crippen LogP contribution in [-0.4, -0.2) is 37.3 Å². The van der Waals surface area contributed by atoms with Crippen molar-refractivity contribution in [1.82, 2.24) is 24.2 Å². The molecule has 0 unspecified atom stereocenters. The molecule has 3 aromatic carbocycles. The van der Waals surface area contributed by atoms with Crippen LogP contribution in [0.5, 0.6) is 0 Å². The Kier molecular flexibility index (Phi) is 5.74. The number of aromatic nitrogens is 4. The molecule has 5 nitrogen and oxygen atoms in total. The molecule has 0 N–H and O–H groups in total. The third kappa shape index (κ3) is 4.32. The number of benzene rings is 3. The molecular weight excluding hydrogens is 485 g/mol. The molecular formula is C30H29ClFN5. The van der Waals surface area contributed by atoms with Crippen LogP contribution >= 0.6 is 11.6 Å². The Morgan fingerprint density at radius 2 is 1.70 bits per heavy atom. The Hall–Kier alpha value is -3.22. The first-order chi connectivity index (χ1) is 18.1. The molecule has 37 heavy (non-hydrogen) atoms. The van der Waals surface area contributed by atoms with Crippen molar-refractivity contribution in [3.8, 4) is 5.69 Å². The lowest BCUT2D eigenvalue weighted by Crippen LogP contribution is -2.33. The number of hydrogen-bond donors (Lipinski definition) is 0. The van der Waals surface area contributed by atoms with Crippen LogP contribution in [0.1, 0.15) is 43.0 Å². The van der Waals surface area contributed by atoms with E-state index in [9.17, 15) is 4.39 Å². The molecule has 7 rings (SSSR count). The lowest BCUT2D eigenvalue weighted by molar-refractivity contribution is 0.200. The Morgan fingerprint density at radius 1 is 0.919 bits per heavy atom. The summed E-state index contributed by atoms with van der Waals surface area (Å²) in [6.07, 6.45) is 6.67.